The second kappa shape index (κ2) is 8.60. The monoisotopic (exact) mass is 513 g/mol. The van der Waals surface area contributed by atoms with Crippen molar-refractivity contribution in [3.63, 3.8) is 0 Å². The fraction of sp³-hybridized carbons (Fsp3) is 0.176. The summed E-state index contributed by atoms with van der Waals surface area (Å²) in [4.78, 5) is 2.08. The standard InChI is InChI=1S/C34H31N3O2/c1-37(2)32-22-13-7-15-24(35)27(22)29(28-23(32)14-8-16-25(28)36)31-33(38)30(34(31)39)26-20-11-5-3-9-18(20)17-19-10-4-6-12-21(19)26/h3-17,30-31,33-34,38-39H,35-36H2,1-2H3. The molecule has 5 nitrogen and oxygen atoms in total. The Hall–Kier alpha value is -4.32. The van der Waals surface area contributed by atoms with Crippen LogP contribution in [0.3, 0.4) is 0 Å². The first-order chi connectivity index (χ1) is 18.9. The number of fused-ring (bicyclic) bond motifs is 4. The number of rotatable bonds is 3. The lowest BCUT2D eigenvalue weighted by molar-refractivity contribution is -0.0765. The van der Waals surface area contributed by atoms with Gasteiger partial charge in [-0.1, -0.05) is 72.8 Å². The normalized spacial score (nSPS) is 21.0. The maximum Gasteiger partial charge on any atom is 0.0728 e. The van der Waals surface area contributed by atoms with Crippen molar-refractivity contribution in [3.8, 4) is 0 Å². The number of benzene rings is 6. The van der Waals surface area contributed by atoms with Crippen LogP contribution < -0.4 is 16.4 Å². The minimum atomic E-state index is -0.829. The van der Waals surface area contributed by atoms with Gasteiger partial charge in [-0.15, -0.1) is 0 Å². The summed E-state index contributed by atoms with van der Waals surface area (Å²) in [6, 6.07) is 30.3. The van der Waals surface area contributed by atoms with E-state index in [1.165, 1.54) is 0 Å². The average molecular weight is 514 g/mol. The van der Waals surface area contributed by atoms with Crippen LogP contribution in [0, 0.1) is 0 Å². The van der Waals surface area contributed by atoms with Crippen LogP contribution in [0.25, 0.3) is 43.1 Å². The Labute approximate surface area is 226 Å². The molecule has 6 N–H and O–H groups in total. The van der Waals surface area contributed by atoms with Gasteiger partial charge in [0.05, 0.1) is 17.9 Å². The summed E-state index contributed by atoms with van der Waals surface area (Å²) < 4.78 is 0. The van der Waals surface area contributed by atoms with Crippen molar-refractivity contribution < 1.29 is 10.2 Å². The molecule has 0 amide bonds. The van der Waals surface area contributed by atoms with Gasteiger partial charge in [0.25, 0.3) is 0 Å². The second-order valence-corrected chi connectivity index (χ2v) is 11.0. The molecule has 194 valence electrons. The van der Waals surface area contributed by atoms with E-state index in [1.807, 2.05) is 62.6 Å². The maximum atomic E-state index is 12.0. The van der Waals surface area contributed by atoms with E-state index in [2.05, 4.69) is 47.4 Å². The van der Waals surface area contributed by atoms with Gasteiger partial charge in [-0.05, 0) is 50.9 Å². The average Bonchev–Trinajstić information content (AvgIpc) is 2.92. The third-order valence-corrected chi connectivity index (χ3v) is 8.64. The number of nitrogen functional groups attached to an aromatic ring is 2. The Morgan fingerprint density at radius 3 is 1.49 bits per heavy atom. The summed E-state index contributed by atoms with van der Waals surface area (Å²) in [5, 5.41) is 31.9. The van der Waals surface area contributed by atoms with E-state index in [0.29, 0.717) is 11.4 Å². The molecule has 0 radical (unpaired) electrons. The largest absolute Gasteiger partial charge is 0.398 e. The van der Waals surface area contributed by atoms with Gasteiger partial charge in [-0.25, -0.2) is 0 Å². The van der Waals surface area contributed by atoms with E-state index in [4.69, 9.17) is 11.5 Å². The molecule has 2 unspecified atom stereocenters. The van der Waals surface area contributed by atoms with Crippen LogP contribution in [0.1, 0.15) is 23.0 Å². The summed E-state index contributed by atoms with van der Waals surface area (Å²) in [6.45, 7) is 0. The highest BCUT2D eigenvalue weighted by Crippen LogP contribution is 2.56. The van der Waals surface area contributed by atoms with Gasteiger partial charge in [0.1, 0.15) is 0 Å². The number of aliphatic hydroxyl groups is 2. The van der Waals surface area contributed by atoms with E-state index in [-0.39, 0.29) is 0 Å². The number of nitrogens with two attached hydrogens (primary N) is 2. The molecule has 39 heavy (non-hydrogen) atoms. The molecule has 1 aliphatic rings. The molecule has 2 atom stereocenters. The molecule has 5 heteroatoms. The molecule has 1 aliphatic carbocycles. The van der Waals surface area contributed by atoms with Gasteiger partial charge >= 0.3 is 0 Å². The molecule has 0 bridgehead atoms. The highest BCUT2D eigenvalue weighted by atomic mass is 16.3. The quantitative estimate of drug-likeness (QED) is 0.169. The van der Waals surface area contributed by atoms with Crippen LogP contribution in [0.2, 0.25) is 0 Å². The predicted octanol–water partition coefficient (Wildman–Crippen LogP) is 6.13. The Balaban J connectivity index is 1.51. The van der Waals surface area contributed by atoms with E-state index in [9.17, 15) is 10.2 Å². The van der Waals surface area contributed by atoms with Gasteiger partial charge in [0.15, 0.2) is 0 Å². The Kier molecular flexibility index (Phi) is 5.24. The topological polar surface area (TPSA) is 95.7 Å². The minimum Gasteiger partial charge on any atom is -0.398 e. The number of anilines is 3. The third kappa shape index (κ3) is 3.27. The molecule has 7 rings (SSSR count). The van der Waals surface area contributed by atoms with Gasteiger partial charge in [0.2, 0.25) is 0 Å². The molecular weight excluding hydrogens is 482 g/mol. The molecule has 0 aromatic heterocycles. The van der Waals surface area contributed by atoms with Crippen molar-refractivity contribution in [1.29, 1.82) is 0 Å². The first-order valence-electron chi connectivity index (χ1n) is 13.3. The van der Waals surface area contributed by atoms with E-state index in [0.717, 1.165) is 59.9 Å². The number of hydrogen-bond acceptors (Lipinski definition) is 5. The smallest absolute Gasteiger partial charge is 0.0728 e. The Bertz CT molecular complexity index is 1800. The van der Waals surface area contributed by atoms with Crippen LogP contribution in [0.15, 0.2) is 91.0 Å². The lowest BCUT2D eigenvalue weighted by Gasteiger charge is -2.48. The summed E-state index contributed by atoms with van der Waals surface area (Å²) >= 11 is 0. The van der Waals surface area contributed by atoms with Gasteiger partial charge < -0.3 is 26.6 Å². The van der Waals surface area contributed by atoms with Crippen molar-refractivity contribution in [2.45, 2.75) is 24.0 Å². The zero-order valence-corrected chi connectivity index (χ0v) is 22.0. The first kappa shape index (κ1) is 23.8. The maximum absolute atomic E-state index is 12.0. The van der Waals surface area contributed by atoms with Crippen LogP contribution in [-0.2, 0) is 0 Å². The summed E-state index contributed by atoms with van der Waals surface area (Å²) in [5.74, 6) is -1.01. The number of hydrogen-bond donors (Lipinski definition) is 4. The highest BCUT2D eigenvalue weighted by molar-refractivity contribution is 6.20. The van der Waals surface area contributed by atoms with Gasteiger partial charge in [-0.2, -0.15) is 0 Å². The zero-order valence-electron chi connectivity index (χ0n) is 22.0. The molecule has 6 aromatic rings. The fourth-order valence-corrected chi connectivity index (χ4v) is 7.02. The lowest BCUT2D eigenvalue weighted by atomic mass is 9.60. The minimum absolute atomic E-state index is 0.459. The molecular formula is C34H31N3O2. The Morgan fingerprint density at radius 2 is 1.00 bits per heavy atom. The summed E-state index contributed by atoms with van der Waals surface area (Å²) in [6.07, 6.45) is -1.66. The number of aliphatic hydroxyl groups excluding tert-OH is 2. The molecule has 0 aliphatic heterocycles. The third-order valence-electron chi connectivity index (χ3n) is 8.64. The van der Waals surface area contributed by atoms with Crippen molar-refractivity contribution in [1.82, 2.24) is 0 Å². The van der Waals surface area contributed by atoms with E-state index >= 15 is 0 Å². The van der Waals surface area contributed by atoms with E-state index in [1.54, 1.807) is 0 Å². The van der Waals surface area contributed by atoms with Crippen LogP contribution in [0.4, 0.5) is 17.1 Å². The Morgan fingerprint density at radius 1 is 0.564 bits per heavy atom. The zero-order chi connectivity index (χ0) is 27.0. The van der Waals surface area contributed by atoms with Crippen LogP contribution >= 0.6 is 0 Å². The molecule has 6 aromatic carbocycles. The lowest BCUT2D eigenvalue weighted by Crippen LogP contribution is -2.52. The van der Waals surface area contributed by atoms with Crippen molar-refractivity contribution in [2.75, 3.05) is 30.5 Å². The molecule has 0 saturated heterocycles. The molecule has 1 saturated carbocycles. The van der Waals surface area contributed by atoms with Crippen molar-refractivity contribution in [3.05, 3.63) is 102 Å². The fourth-order valence-electron chi connectivity index (χ4n) is 7.02. The predicted molar refractivity (Wildman–Crippen MR) is 164 cm³/mol. The van der Waals surface area contributed by atoms with E-state index < -0.39 is 24.0 Å². The molecule has 0 heterocycles. The molecule has 0 spiro atoms. The van der Waals surface area contributed by atoms with Crippen molar-refractivity contribution >= 4 is 60.2 Å². The number of nitrogens with zero attached hydrogens (tertiary/aromatic N) is 1. The van der Waals surface area contributed by atoms with Crippen molar-refractivity contribution in [2.24, 2.45) is 0 Å². The van der Waals surface area contributed by atoms with Gasteiger partial charge in [-0.3, -0.25) is 0 Å². The first-order valence-corrected chi connectivity index (χ1v) is 13.3. The van der Waals surface area contributed by atoms with Crippen LogP contribution in [0.5, 0.6) is 0 Å². The SMILES string of the molecule is CN(C)c1c2cccc(N)c2c(C2C(O)C(c3c4ccccc4cc4ccccc34)C2O)c2c(N)cccc12. The molecule has 1 fully saturated rings. The highest BCUT2D eigenvalue weighted by Gasteiger charge is 2.52. The van der Waals surface area contributed by atoms with Gasteiger partial charge in [0, 0.05) is 58.9 Å². The summed E-state index contributed by atoms with van der Waals surface area (Å²) in [5.41, 5.74) is 17.3. The second-order valence-electron chi connectivity index (χ2n) is 11.0. The van der Waals surface area contributed by atoms with Crippen LogP contribution in [-0.4, -0.2) is 36.5 Å². The summed E-state index contributed by atoms with van der Waals surface area (Å²) in [7, 11) is 4.02.